The Morgan fingerprint density at radius 3 is 2.86 bits per heavy atom. The lowest BCUT2D eigenvalue weighted by molar-refractivity contribution is 0.0851. The smallest absolute Gasteiger partial charge is 0.257 e. The van der Waals surface area contributed by atoms with Crippen LogP contribution in [0.3, 0.4) is 0 Å². The Morgan fingerprint density at radius 2 is 2.43 bits per heavy atom. The molecule has 14 heavy (non-hydrogen) atoms. The Hall–Kier alpha value is -1.52. The van der Waals surface area contributed by atoms with E-state index in [2.05, 4.69) is 15.5 Å². The highest BCUT2D eigenvalue weighted by Crippen LogP contribution is 2.31. The summed E-state index contributed by atoms with van der Waals surface area (Å²) in [4.78, 5) is 11.7. The quantitative estimate of drug-likeness (QED) is 0.646. The number of aromatic nitrogens is 2. The minimum Gasteiger partial charge on any atom is -0.383 e. The van der Waals surface area contributed by atoms with Crippen LogP contribution in [0, 0.1) is 0 Å². The van der Waals surface area contributed by atoms with Gasteiger partial charge in [-0.2, -0.15) is 5.10 Å². The van der Waals surface area contributed by atoms with Crippen LogP contribution in [0.5, 0.6) is 0 Å². The number of nitrogens with zero attached hydrogens (tertiary/aromatic N) is 1. The molecule has 76 valence electrons. The van der Waals surface area contributed by atoms with Crippen LogP contribution >= 0.6 is 0 Å². The number of nitrogens with two attached hydrogens (primary N) is 1. The summed E-state index contributed by atoms with van der Waals surface area (Å²) in [6, 6.07) is 0. The molecule has 0 bridgehead atoms. The Balaban J connectivity index is 2.06. The second-order valence-electron chi connectivity index (χ2n) is 4.07. The van der Waals surface area contributed by atoms with Gasteiger partial charge >= 0.3 is 0 Å². The van der Waals surface area contributed by atoms with E-state index in [0.717, 1.165) is 12.8 Å². The van der Waals surface area contributed by atoms with E-state index in [9.17, 15) is 4.79 Å². The predicted octanol–water partition coefficient (Wildman–Crippen LogP) is 0.664. The second kappa shape index (κ2) is 3.01. The minimum atomic E-state index is -0.140. The molecular formula is C9H14N4O. The molecular weight excluding hydrogens is 180 g/mol. The van der Waals surface area contributed by atoms with Gasteiger partial charge in [-0.3, -0.25) is 9.89 Å². The predicted molar refractivity (Wildman–Crippen MR) is 52.7 cm³/mol. The first-order valence-electron chi connectivity index (χ1n) is 4.72. The summed E-state index contributed by atoms with van der Waals surface area (Å²) in [6.07, 6.45) is 4.71. The number of nitrogens with one attached hydrogen (secondary N) is 2. The maximum absolute atomic E-state index is 11.7. The number of carbonyl (C=O) groups excluding carboxylic acids is 1. The molecule has 1 aromatic heterocycles. The Labute approximate surface area is 82.1 Å². The molecule has 5 nitrogen and oxygen atoms in total. The van der Waals surface area contributed by atoms with Gasteiger partial charge in [-0.15, -0.1) is 0 Å². The molecule has 0 atom stereocenters. The molecule has 1 aliphatic rings. The van der Waals surface area contributed by atoms with Gasteiger partial charge in [-0.05, 0) is 26.2 Å². The normalized spacial score (nSPS) is 18.6. The first kappa shape index (κ1) is 9.05. The maximum atomic E-state index is 11.7. The average Bonchev–Trinajstić information content (AvgIpc) is 2.48. The standard InChI is InChI=1S/C9H14N4O/c1-9(3-2-4-9)12-8(14)6-5-11-13-7(6)10/h5H,2-4H2,1H3,(H,12,14)(H3,10,11,13). The lowest BCUT2D eigenvalue weighted by atomic mass is 9.78. The zero-order valence-corrected chi connectivity index (χ0v) is 8.13. The van der Waals surface area contributed by atoms with Crippen LogP contribution in [0.2, 0.25) is 0 Å². The Kier molecular flexibility index (Phi) is 1.94. The van der Waals surface area contributed by atoms with Crippen molar-refractivity contribution in [3.05, 3.63) is 11.8 Å². The number of amides is 1. The van der Waals surface area contributed by atoms with Gasteiger partial charge < -0.3 is 11.1 Å². The summed E-state index contributed by atoms with van der Waals surface area (Å²) in [5.74, 6) is 0.184. The Bertz CT molecular complexity index is 353. The molecule has 1 aromatic rings. The van der Waals surface area contributed by atoms with E-state index in [0.29, 0.717) is 11.4 Å². The van der Waals surface area contributed by atoms with Crippen molar-refractivity contribution in [1.82, 2.24) is 15.5 Å². The molecule has 1 aliphatic carbocycles. The number of aromatic amines is 1. The molecule has 2 rings (SSSR count). The van der Waals surface area contributed by atoms with E-state index in [1.165, 1.54) is 12.6 Å². The number of rotatable bonds is 2. The van der Waals surface area contributed by atoms with Gasteiger partial charge in [-0.25, -0.2) is 0 Å². The van der Waals surface area contributed by atoms with Crippen molar-refractivity contribution in [3.8, 4) is 0 Å². The first-order chi connectivity index (χ1) is 6.61. The lowest BCUT2D eigenvalue weighted by Gasteiger charge is -2.39. The minimum absolute atomic E-state index is 0.0409. The number of hydrogen-bond acceptors (Lipinski definition) is 3. The van der Waals surface area contributed by atoms with Crippen molar-refractivity contribution in [2.75, 3.05) is 5.73 Å². The third kappa shape index (κ3) is 1.45. The van der Waals surface area contributed by atoms with Crippen molar-refractivity contribution < 1.29 is 4.79 Å². The number of hydrogen-bond donors (Lipinski definition) is 3. The zero-order valence-electron chi connectivity index (χ0n) is 8.13. The van der Waals surface area contributed by atoms with Crippen LogP contribution in [0.1, 0.15) is 36.5 Å². The third-order valence-corrected chi connectivity index (χ3v) is 2.79. The van der Waals surface area contributed by atoms with Crippen LogP contribution in [-0.4, -0.2) is 21.6 Å². The molecule has 0 spiro atoms. The molecule has 1 amide bonds. The van der Waals surface area contributed by atoms with Crippen LogP contribution < -0.4 is 11.1 Å². The molecule has 5 heteroatoms. The number of anilines is 1. The summed E-state index contributed by atoms with van der Waals surface area (Å²) < 4.78 is 0. The molecule has 4 N–H and O–H groups in total. The summed E-state index contributed by atoms with van der Waals surface area (Å²) >= 11 is 0. The van der Waals surface area contributed by atoms with Crippen molar-refractivity contribution >= 4 is 11.7 Å². The van der Waals surface area contributed by atoms with E-state index in [1.807, 2.05) is 6.92 Å². The van der Waals surface area contributed by atoms with Crippen LogP contribution in [0.4, 0.5) is 5.82 Å². The fourth-order valence-corrected chi connectivity index (χ4v) is 1.65. The molecule has 0 aliphatic heterocycles. The van der Waals surface area contributed by atoms with Crippen LogP contribution in [0.25, 0.3) is 0 Å². The monoisotopic (exact) mass is 194 g/mol. The van der Waals surface area contributed by atoms with E-state index in [4.69, 9.17) is 5.73 Å². The third-order valence-electron chi connectivity index (χ3n) is 2.79. The van der Waals surface area contributed by atoms with E-state index >= 15 is 0 Å². The summed E-state index contributed by atoms with van der Waals surface area (Å²) in [7, 11) is 0. The van der Waals surface area contributed by atoms with Crippen molar-refractivity contribution in [2.24, 2.45) is 0 Å². The highest BCUT2D eigenvalue weighted by Gasteiger charge is 2.33. The van der Waals surface area contributed by atoms with Crippen molar-refractivity contribution in [1.29, 1.82) is 0 Å². The highest BCUT2D eigenvalue weighted by molar-refractivity contribution is 5.98. The second-order valence-corrected chi connectivity index (χ2v) is 4.07. The van der Waals surface area contributed by atoms with Gasteiger partial charge in [0.15, 0.2) is 0 Å². The van der Waals surface area contributed by atoms with Gasteiger partial charge in [0.05, 0.1) is 6.20 Å². The van der Waals surface area contributed by atoms with Gasteiger partial charge in [0.1, 0.15) is 11.4 Å². The lowest BCUT2D eigenvalue weighted by Crippen LogP contribution is -2.50. The maximum Gasteiger partial charge on any atom is 0.257 e. The molecule has 0 radical (unpaired) electrons. The molecule has 1 heterocycles. The first-order valence-corrected chi connectivity index (χ1v) is 4.72. The van der Waals surface area contributed by atoms with Crippen molar-refractivity contribution in [2.45, 2.75) is 31.7 Å². The molecule has 0 aromatic carbocycles. The van der Waals surface area contributed by atoms with Crippen LogP contribution in [0.15, 0.2) is 6.20 Å². The summed E-state index contributed by atoms with van der Waals surface area (Å²) in [6.45, 7) is 2.05. The SMILES string of the molecule is CC1(NC(=O)c2cn[nH]c2N)CCC1. The topological polar surface area (TPSA) is 83.8 Å². The van der Waals surface area contributed by atoms with Gasteiger partial charge in [0.25, 0.3) is 5.91 Å². The average molecular weight is 194 g/mol. The fraction of sp³-hybridized carbons (Fsp3) is 0.556. The van der Waals surface area contributed by atoms with Crippen molar-refractivity contribution in [3.63, 3.8) is 0 Å². The molecule has 1 saturated carbocycles. The van der Waals surface area contributed by atoms with Gasteiger partial charge in [-0.1, -0.05) is 0 Å². The largest absolute Gasteiger partial charge is 0.383 e. The number of carbonyl (C=O) groups is 1. The molecule has 0 saturated heterocycles. The van der Waals surface area contributed by atoms with E-state index in [-0.39, 0.29) is 11.4 Å². The zero-order chi connectivity index (χ0) is 10.2. The molecule has 0 unspecified atom stereocenters. The summed E-state index contributed by atoms with van der Waals surface area (Å²) in [5.41, 5.74) is 5.93. The summed E-state index contributed by atoms with van der Waals surface area (Å²) in [5, 5.41) is 9.20. The van der Waals surface area contributed by atoms with Gasteiger partial charge in [0, 0.05) is 5.54 Å². The molecule has 1 fully saturated rings. The van der Waals surface area contributed by atoms with Gasteiger partial charge in [0.2, 0.25) is 0 Å². The van der Waals surface area contributed by atoms with E-state index in [1.54, 1.807) is 0 Å². The van der Waals surface area contributed by atoms with E-state index < -0.39 is 0 Å². The number of nitrogen functional groups attached to an aromatic ring is 1. The number of H-pyrrole nitrogens is 1. The van der Waals surface area contributed by atoms with Crippen LogP contribution in [-0.2, 0) is 0 Å². The highest BCUT2D eigenvalue weighted by atomic mass is 16.1. The Morgan fingerprint density at radius 1 is 1.71 bits per heavy atom. The fourth-order valence-electron chi connectivity index (χ4n) is 1.65.